The molecule has 0 spiro atoms. The topological polar surface area (TPSA) is 45.2 Å². The number of rotatable bonds is 6. The number of hydrogen-bond donors (Lipinski definition) is 1. The molecule has 0 fully saturated rings. The van der Waals surface area contributed by atoms with E-state index in [9.17, 15) is 4.79 Å². The Morgan fingerprint density at radius 3 is 2.71 bits per heavy atom. The van der Waals surface area contributed by atoms with Crippen molar-refractivity contribution in [3.05, 3.63) is 67.0 Å². The summed E-state index contributed by atoms with van der Waals surface area (Å²) >= 11 is 0. The minimum absolute atomic E-state index is 0.145. The normalized spacial score (nSPS) is 9.95. The highest BCUT2D eigenvalue weighted by Gasteiger charge is 2.11. The molecule has 0 atom stereocenters. The molecule has 2 aromatic rings. The van der Waals surface area contributed by atoms with E-state index in [1.807, 2.05) is 36.4 Å². The van der Waals surface area contributed by atoms with Crippen LogP contribution in [0.15, 0.2) is 61.4 Å². The Morgan fingerprint density at radius 1 is 1.29 bits per heavy atom. The van der Waals surface area contributed by atoms with Gasteiger partial charge in [0, 0.05) is 25.0 Å². The van der Waals surface area contributed by atoms with Gasteiger partial charge >= 0.3 is 0 Å². The van der Waals surface area contributed by atoms with E-state index in [4.69, 9.17) is 0 Å². The minimum Gasteiger partial charge on any atom is -0.349 e. The Hall–Kier alpha value is -2.62. The SMILES string of the molecule is C=CCNC(=O)c1cncc(N(CC)c2ccccc2)c1. The first kappa shape index (κ1) is 14.8. The number of carbonyl (C=O) groups is 1. The third kappa shape index (κ3) is 3.69. The molecule has 0 aliphatic rings. The predicted molar refractivity (Wildman–Crippen MR) is 85.9 cm³/mol. The van der Waals surface area contributed by atoms with E-state index >= 15 is 0 Å². The summed E-state index contributed by atoms with van der Waals surface area (Å²) in [5.41, 5.74) is 2.52. The van der Waals surface area contributed by atoms with Gasteiger partial charge in [0.2, 0.25) is 0 Å². The van der Waals surface area contributed by atoms with E-state index in [2.05, 4.69) is 28.7 Å². The van der Waals surface area contributed by atoms with Crippen molar-refractivity contribution in [1.29, 1.82) is 0 Å². The van der Waals surface area contributed by atoms with Gasteiger partial charge in [-0.3, -0.25) is 9.78 Å². The zero-order chi connectivity index (χ0) is 15.1. The van der Waals surface area contributed by atoms with Crippen molar-refractivity contribution in [2.75, 3.05) is 18.0 Å². The van der Waals surface area contributed by atoms with E-state index < -0.39 is 0 Å². The molecule has 0 radical (unpaired) electrons. The van der Waals surface area contributed by atoms with E-state index in [1.165, 1.54) is 0 Å². The maximum absolute atomic E-state index is 12.0. The van der Waals surface area contributed by atoms with Crippen LogP contribution >= 0.6 is 0 Å². The molecule has 0 saturated heterocycles. The van der Waals surface area contributed by atoms with Crippen molar-refractivity contribution in [1.82, 2.24) is 10.3 Å². The summed E-state index contributed by atoms with van der Waals surface area (Å²) in [4.78, 5) is 18.3. The number of benzene rings is 1. The van der Waals surface area contributed by atoms with E-state index in [0.29, 0.717) is 12.1 Å². The number of amides is 1. The number of anilines is 2. The molecule has 21 heavy (non-hydrogen) atoms. The van der Waals surface area contributed by atoms with Crippen molar-refractivity contribution in [2.24, 2.45) is 0 Å². The quantitative estimate of drug-likeness (QED) is 0.827. The highest BCUT2D eigenvalue weighted by atomic mass is 16.1. The number of carbonyl (C=O) groups excluding carboxylic acids is 1. The lowest BCUT2D eigenvalue weighted by Crippen LogP contribution is -2.24. The average Bonchev–Trinajstić information content (AvgIpc) is 2.54. The molecule has 1 aromatic carbocycles. The van der Waals surface area contributed by atoms with Crippen LogP contribution in [-0.4, -0.2) is 24.0 Å². The molecule has 4 nitrogen and oxygen atoms in total. The first-order valence-electron chi connectivity index (χ1n) is 6.93. The Morgan fingerprint density at radius 2 is 2.05 bits per heavy atom. The molecule has 2 rings (SSSR count). The third-order valence-electron chi connectivity index (χ3n) is 3.09. The molecular formula is C17H19N3O. The lowest BCUT2D eigenvalue weighted by atomic mass is 10.2. The van der Waals surface area contributed by atoms with Crippen molar-refractivity contribution >= 4 is 17.3 Å². The van der Waals surface area contributed by atoms with E-state index in [0.717, 1.165) is 17.9 Å². The van der Waals surface area contributed by atoms with Crippen LogP contribution in [0, 0.1) is 0 Å². The van der Waals surface area contributed by atoms with Crippen LogP contribution < -0.4 is 10.2 Å². The van der Waals surface area contributed by atoms with Gasteiger partial charge in [-0.05, 0) is 25.1 Å². The maximum atomic E-state index is 12.0. The molecule has 1 amide bonds. The molecule has 0 bridgehead atoms. The van der Waals surface area contributed by atoms with Gasteiger partial charge in [0.1, 0.15) is 0 Å². The van der Waals surface area contributed by atoms with Gasteiger partial charge in [0.25, 0.3) is 5.91 Å². The van der Waals surface area contributed by atoms with Crippen LogP contribution in [0.4, 0.5) is 11.4 Å². The number of hydrogen-bond acceptors (Lipinski definition) is 3. The minimum atomic E-state index is -0.145. The summed E-state index contributed by atoms with van der Waals surface area (Å²) in [5.74, 6) is -0.145. The highest BCUT2D eigenvalue weighted by Crippen LogP contribution is 2.24. The summed E-state index contributed by atoms with van der Waals surface area (Å²) in [6, 6.07) is 11.9. The monoisotopic (exact) mass is 281 g/mol. The second-order valence-corrected chi connectivity index (χ2v) is 4.51. The first-order valence-corrected chi connectivity index (χ1v) is 6.93. The van der Waals surface area contributed by atoms with Crippen LogP contribution in [0.1, 0.15) is 17.3 Å². The predicted octanol–water partition coefficient (Wildman–Crippen LogP) is 3.16. The Bertz CT molecular complexity index is 610. The van der Waals surface area contributed by atoms with Crippen molar-refractivity contribution < 1.29 is 4.79 Å². The lowest BCUT2D eigenvalue weighted by molar-refractivity contribution is 0.0957. The molecule has 0 aliphatic carbocycles. The second-order valence-electron chi connectivity index (χ2n) is 4.51. The zero-order valence-corrected chi connectivity index (χ0v) is 12.1. The zero-order valence-electron chi connectivity index (χ0n) is 12.1. The van der Waals surface area contributed by atoms with E-state index in [-0.39, 0.29) is 5.91 Å². The van der Waals surface area contributed by atoms with Gasteiger partial charge in [0.05, 0.1) is 17.4 Å². The van der Waals surface area contributed by atoms with Gasteiger partial charge < -0.3 is 10.2 Å². The standard InChI is InChI=1S/C17H19N3O/c1-3-10-19-17(21)14-11-16(13-18-12-14)20(4-2)15-8-6-5-7-9-15/h3,5-9,11-13H,1,4,10H2,2H3,(H,19,21). The summed E-state index contributed by atoms with van der Waals surface area (Å²) < 4.78 is 0. The van der Waals surface area contributed by atoms with Crippen LogP contribution in [0.5, 0.6) is 0 Å². The third-order valence-corrected chi connectivity index (χ3v) is 3.09. The number of nitrogens with zero attached hydrogens (tertiary/aromatic N) is 2. The molecule has 108 valence electrons. The number of para-hydroxylation sites is 1. The molecular weight excluding hydrogens is 262 g/mol. The molecule has 0 unspecified atom stereocenters. The van der Waals surface area contributed by atoms with Gasteiger partial charge in [-0.1, -0.05) is 24.3 Å². The Balaban J connectivity index is 2.27. The van der Waals surface area contributed by atoms with Gasteiger partial charge in [-0.2, -0.15) is 0 Å². The summed E-state index contributed by atoms with van der Waals surface area (Å²) in [7, 11) is 0. The second kappa shape index (κ2) is 7.24. The fourth-order valence-electron chi connectivity index (χ4n) is 2.09. The van der Waals surface area contributed by atoms with Gasteiger partial charge in [-0.15, -0.1) is 6.58 Å². The number of pyridine rings is 1. The van der Waals surface area contributed by atoms with Crippen molar-refractivity contribution in [2.45, 2.75) is 6.92 Å². The Labute approximate surface area is 125 Å². The molecule has 0 saturated carbocycles. The van der Waals surface area contributed by atoms with Crippen LogP contribution in [0.25, 0.3) is 0 Å². The fraction of sp³-hybridized carbons (Fsp3) is 0.176. The first-order chi connectivity index (χ1) is 10.3. The van der Waals surface area contributed by atoms with Gasteiger partial charge in [0.15, 0.2) is 0 Å². The van der Waals surface area contributed by atoms with Crippen LogP contribution in [-0.2, 0) is 0 Å². The van der Waals surface area contributed by atoms with E-state index in [1.54, 1.807) is 18.5 Å². The summed E-state index contributed by atoms with van der Waals surface area (Å²) in [5, 5.41) is 2.76. The number of nitrogens with one attached hydrogen (secondary N) is 1. The van der Waals surface area contributed by atoms with Crippen LogP contribution in [0.3, 0.4) is 0 Å². The Kier molecular flexibility index (Phi) is 5.10. The number of aromatic nitrogens is 1. The largest absolute Gasteiger partial charge is 0.349 e. The summed E-state index contributed by atoms with van der Waals surface area (Å²) in [6.45, 7) is 6.89. The molecule has 1 heterocycles. The average molecular weight is 281 g/mol. The lowest BCUT2D eigenvalue weighted by Gasteiger charge is -2.23. The maximum Gasteiger partial charge on any atom is 0.253 e. The van der Waals surface area contributed by atoms with Crippen LogP contribution in [0.2, 0.25) is 0 Å². The van der Waals surface area contributed by atoms with Crippen molar-refractivity contribution in [3.8, 4) is 0 Å². The highest BCUT2D eigenvalue weighted by molar-refractivity contribution is 5.95. The fourth-order valence-corrected chi connectivity index (χ4v) is 2.09. The van der Waals surface area contributed by atoms with Gasteiger partial charge in [-0.25, -0.2) is 0 Å². The summed E-state index contributed by atoms with van der Waals surface area (Å²) in [6.07, 6.45) is 4.99. The molecule has 4 heteroatoms. The molecule has 1 aromatic heterocycles. The molecule has 1 N–H and O–H groups in total. The smallest absolute Gasteiger partial charge is 0.253 e. The molecule has 0 aliphatic heterocycles. The van der Waals surface area contributed by atoms with Crippen molar-refractivity contribution in [3.63, 3.8) is 0 Å².